The Morgan fingerprint density at radius 1 is 0.931 bits per heavy atom. The Labute approximate surface area is 175 Å². The topological polar surface area (TPSA) is 35.6 Å². The number of hydrogen-bond donors (Lipinski definition) is 1. The van der Waals surface area contributed by atoms with Crippen molar-refractivity contribution in [1.82, 2.24) is 10.2 Å². The van der Waals surface area contributed by atoms with E-state index in [1.807, 2.05) is 0 Å². The molecule has 3 aliphatic carbocycles. The van der Waals surface area contributed by atoms with Crippen LogP contribution in [-0.4, -0.2) is 42.1 Å². The second kappa shape index (κ2) is 7.01. The van der Waals surface area contributed by atoms with E-state index in [0.29, 0.717) is 6.67 Å². The van der Waals surface area contributed by atoms with Gasteiger partial charge in [-0.05, 0) is 80.8 Å². The summed E-state index contributed by atoms with van der Waals surface area (Å²) in [7, 11) is 0. The summed E-state index contributed by atoms with van der Waals surface area (Å²) in [5.41, 5.74) is 0.846. The first kappa shape index (κ1) is 18.2. The van der Waals surface area contributed by atoms with Crippen molar-refractivity contribution in [3.63, 3.8) is 0 Å². The van der Waals surface area contributed by atoms with E-state index in [0.717, 1.165) is 55.6 Å². The molecule has 5 atom stereocenters. The van der Waals surface area contributed by atoms with E-state index >= 15 is 0 Å². The monoisotopic (exact) mass is 393 g/mol. The second-order valence-corrected chi connectivity index (χ2v) is 10.5. The van der Waals surface area contributed by atoms with Crippen LogP contribution in [0, 0.1) is 23.7 Å². The molecule has 4 nitrogen and oxygen atoms in total. The third kappa shape index (κ3) is 2.85. The smallest absolute Gasteiger partial charge is 0.247 e. The molecule has 29 heavy (non-hydrogen) atoms. The van der Waals surface area contributed by atoms with Crippen molar-refractivity contribution < 1.29 is 4.79 Å². The molecule has 1 aromatic carbocycles. The van der Waals surface area contributed by atoms with Gasteiger partial charge in [-0.3, -0.25) is 9.69 Å². The lowest BCUT2D eigenvalue weighted by Gasteiger charge is -2.47. The highest BCUT2D eigenvalue weighted by Gasteiger charge is 2.53. The van der Waals surface area contributed by atoms with Gasteiger partial charge >= 0.3 is 0 Å². The number of hydrogen-bond acceptors (Lipinski definition) is 3. The van der Waals surface area contributed by atoms with Crippen LogP contribution in [0.2, 0.25) is 0 Å². The maximum Gasteiger partial charge on any atom is 0.247 e. The van der Waals surface area contributed by atoms with E-state index in [4.69, 9.17) is 0 Å². The molecule has 5 fully saturated rings. The predicted octanol–water partition coefficient (Wildman–Crippen LogP) is 4.02. The van der Waals surface area contributed by atoms with E-state index in [1.54, 1.807) is 0 Å². The summed E-state index contributed by atoms with van der Waals surface area (Å²) in [5.74, 6) is 4.28. The van der Waals surface area contributed by atoms with Crippen molar-refractivity contribution >= 4 is 11.6 Å². The zero-order chi connectivity index (χ0) is 19.4. The minimum Gasteiger partial charge on any atom is -0.339 e. The summed E-state index contributed by atoms with van der Waals surface area (Å²) in [4.78, 5) is 18.1. The molecular weight excluding hydrogens is 358 g/mol. The quantitative estimate of drug-likeness (QED) is 0.842. The van der Waals surface area contributed by atoms with Crippen molar-refractivity contribution in [3.8, 4) is 0 Å². The predicted molar refractivity (Wildman–Crippen MR) is 116 cm³/mol. The summed E-state index contributed by atoms with van der Waals surface area (Å²) in [6.45, 7) is 2.82. The minimum absolute atomic E-state index is 0.247. The maximum atomic E-state index is 13.0. The number of carbonyl (C=O) groups excluding carboxylic acids is 1. The Hall–Kier alpha value is -1.55. The van der Waals surface area contributed by atoms with Crippen LogP contribution in [0.15, 0.2) is 30.3 Å². The molecule has 1 N–H and O–H groups in total. The number of amides is 1. The fourth-order valence-corrected chi connectivity index (χ4v) is 8.00. The first-order chi connectivity index (χ1) is 14.2. The van der Waals surface area contributed by atoms with Gasteiger partial charge < -0.3 is 10.2 Å². The maximum absolute atomic E-state index is 13.0. The average molecular weight is 394 g/mol. The first-order valence-electron chi connectivity index (χ1n) is 12.1. The van der Waals surface area contributed by atoms with Gasteiger partial charge in [0.15, 0.2) is 0 Å². The molecular formula is C25H35N3O. The van der Waals surface area contributed by atoms with Gasteiger partial charge in [-0.1, -0.05) is 31.0 Å². The molecule has 5 unspecified atom stereocenters. The van der Waals surface area contributed by atoms with E-state index in [-0.39, 0.29) is 11.4 Å². The number of anilines is 1. The number of piperidine rings is 1. The van der Waals surface area contributed by atoms with Gasteiger partial charge in [0.05, 0.1) is 6.67 Å². The van der Waals surface area contributed by atoms with Crippen molar-refractivity contribution in [2.75, 3.05) is 24.7 Å². The number of rotatable bonds is 3. The van der Waals surface area contributed by atoms with Gasteiger partial charge in [-0.25, -0.2) is 0 Å². The highest BCUT2D eigenvalue weighted by atomic mass is 16.2. The van der Waals surface area contributed by atoms with Crippen LogP contribution < -0.4 is 10.2 Å². The lowest BCUT2D eigenvalue weighted by molar-refractivity contribution is -0.125. The number of nitrogens with one attached hydrogen (secondary N) is 1. The van der Waals surface area contributed by atoms with E-state index in [1.165, 1.54) is 50.6 Å². The summed E-state index contributed by atoms with van der Waals surface area (Å²) in [6.07, 6.45) is 12.3. The first-order valence-corrected chi connectivity index (χ1v) is 12.1. The summed E-state index contributed by atoms with van der Waals surface area (Å²) < 4.78 is 0. The van der Waals surface area contributed by atoms with Crippen LogP contribution in [-0.2, 0) is 4.79 Å². The van der Waals surface area contributed by atoms with Crippen LogP contribution >= 0.6 is 0 Å². The fourth-order valence-electron chi connectivity index (χ4n) is 8.00. The summed E-state index contributed by atoms with van der Waals surface area (Å²) in [5, 5.41) is 3.15. The largest absolute Gasteiger partial charge is 0.339 e. The van der Waals surface area contributed by atoms with Crippen LogP contribution in [0.5, 0.6) is 0 Å². The van der Waals surface area contributed by atoms with Gasteiger partial charge in [-0.2, -0.15) is 0 Å². The van der Waals surface area contributed by atoms with Crippen molar-refractivity contribution in [2.24, 2.45) is 23.7 Å². The summed E-state index contributed by atoms with van der Waals surface area (Å²) >= 11 is 0. The third-order valence-electron chi connectivity index (χ3n) is 9.37. The molecule has 0 aromatic heterocycles. The molecule has 4 heteroatoms. The SMILES string of the molecule is O=C1NCN(c2ccccc2)C12CCN(C1CCCC1C1CC3CCC1C3)CC2. The Balaban J connectivity index is 1.17. The highest BCUT2D eigenvalue weighted by molar-refractivity contribution is 5.93. The number of benzene rings is 1. The molecule has 3 saturated carbocycles. The Morgan fingerprint density at radius 3 is 2.48 bits per heavy atom. The molecule has 0 radical (unpaired) electrons. The number of likely N-dealkylation sites (tertiary alicyclic amines) is 1. The zero-order valence-electron chi connectivity index (χ0n) is 17.6. The Kier molecular flexibility index (Phi) is 4.41. The van der Waals surface area contributed by atoms with Gasteiger partial charge in [0.1, 0.15) is 5.54 Å². The number of carbonyl (C=O) groups is 1. The molecule has 2 bridgehead atoms. The second-order valence-electron chi connectivity index (χ2n) is 10.5. The Morgan fingerprint density at radius 2 is 1.76 bits per heavy atom. The standard InChI is InChI=1S/C25H35N3O/c29-24-25(28(17-26-24)20-5-2-1-3-6-20)11-13-27(14-12-25)23-8-4-7-21(23)22-16-18-9-10-19(22)15-18/h1-3,5-6,18-19,21-23H,4,7-17H2,(H,26,29). The number of para-hydroxylation sites is 1. The van der Waals surface area contributed by atoms with Crippen LogP contribution in [0.4, 0.5) is 5.69 Å². The molecule has 2 heterocycles. The molecule has 1 amide bonds. The highest BCUT2D eigenvalue weighted by Crippen LogP contribution is 2.55. The molecule has 2 aliphatic heterocycles. The normalized spacial score (nSPS) is 38.8. The minimum atomic E-state index is -0.335. The average Bonchev–Trinajstić information content (AvgIpc) is 3.54. The van der Waals surface area contributed by atoms with Gasteiger partial charge in [0.2, 0.25) is 5.91 Å². The molecule has 5 aliphatic rings. The number of nitrogens with zero attached hydrogens (tertiary/aromatic N) is 2. The van der Waals surface area contributed by atoms with Gasteiger partial charge in [0, 0.05) is 24.8 Å². The zero-order valence-corrected chi connectivity index (χ0v) is 17.6. The van der Waals surface area contributed by atoms with E-state index in [2.05, 4.69) is 45.4 Å². The molecule has 2 saturated heterocycles. The fraction of sp³-hybridized carbons (Fsp3) is 0.720. The number of fused-ring (bicyclic) bond motifs is 2. The lowest BCUT2D eigenvalue weighted by atomic mass is 9.76. The summed E-state index contributed by atoms with van der Waals surface area (Å²) in [6, 6.07) is 11.3. The molecule has 1 aromatic rings. The van der Waals surface area contributed by atoms with Crippen LogP contribution in [0.3, 0.4) is 0 Å². The van der Waals surface area contributed by atoms with Crippen molar-refractivity contribution in [3.05, 3.63) is 30.3 Å². The molecule has 156 valence electrons. The van der Waals surface area contributed by atoms with Crippen LogP contribution in [0.25, 0.3) is 0 Å². The molecule has 1 spiro atoms. The van der Waals surface area contributed by atoms with Crippen molar-refractivity contribution in [1.29, 1.82) is 0 Å². The van der Waals surface area contributed by atoms with Gasteiger partial charge in [-0.15, -0.1) is 0 Å². The van der Waals surface area contributed by atoms with E-state index < -0.39 is 0 Å². The lowest BCUT2D eigenvalue weighted by Crippen LogP contribution is -2.58. The van der Waals surface area contributed by atoms with Gasteiger partial charge in [0.25, 0.3) is 0 Å². The third-order valence-corrected chi connectivity index (χ3v) is 9.37. The van der Waals surface area contributed by atoms with Crippen LogP contribution in [0.1, 0.15) is 57.8 Å². The molecule has 6 rings (SSSR count). The Bertz CT molecular complexity index is 757. The van der Waals surface area contributed by atoms with E-state index in [9.17, 15) is 4.79 Å². The van der Waals surface area contributed by atoms with Crippen molar-refractivity contribution in [2.45, 2.75) is 69.4 Å².